The molecular weight excluding hydrogens is 374 g/mol. The minimum Gasteiger partial charge on any atom is -0.790 e. The molecule has 0 saturated heterocycles. The average molecular weight is 402 g/mol. The van der Waals surface area contributed by atoms with Crippen molar-refractivity contribution < 1.29 is 40.5 Å². The molecule has 0 fully saturated rings. The van der Waals surface area contributed by atoms with Crippen molar-refractivity contribution in [3.8, 4) is 5.75 Å². The molecule has 0 bridgehead atoms. The molecule has 141 valence electrons. The SMILES string of the molecule is CC(C)(C)c1cc(COP(=O)([O-])[O-])cc(C(C)(C)C)c1O.[CH2-]C.[Ni+3]. The van der Waals surface area contributed by atoms with Gasteiger partial charge in [0.2, 0.25) is 0 Å². The monoisotopic (exact) mass is 401 g/mol. The molecule has 0 aliphatic rings. The number of phenols is 1. The summed E-state index contributed by atoms with van der Waals surface area (Å²) in [4.78, 5) is 21.3. The molecule has 0 atom stereocenters. The molecule has 0 heterocycles. The molecule has 0 amide bonds. The number of benzene rings is 1. The maximum atomic E-state index is 10.6. The van der Waals surface area contributed by atoms with Crippen LogP contribution in [0.3, 0.4) is 0 Å². The minimum absolute atomic E-state index is 0. The second-order valence-corrected chi connectivity index (χ2v) is 8.41. The molecule has 0 spiro atoms. The van der Waals surface area contributed by atoms with Gasteiger partial charge in [0, 0.05) is 0 Å². The van der Waals surface area contributed by atoms with E-state index in [1.807, 2.05) is 41.5 Å². The van der Waals surface area contributed by atoms with Gasteiger partial charge in [-0.1, -0.05) is 41.5 Å². The first kappa shape index (κ1) is 25.9. The van der Waals surface area contributed by atoms with Gasteiger partial charge in [-0.25, -0.2) is 0 Å². The quantitative estimate of drug-likeness (QED) is 0.477. The third-order valence-electron chi connectivity index (χ3n) is 3.18. The fourth-order valence-corrected chi connectivity index (χ4v) is 2.38. The first-order chi connectivity index (χ1) is 10.2. The van der Waals surface area contributed by atoms with E-state index in [0.717, 1.165) is 0 Å². The Kier molecular flexibility index (Phi) is 10.1. The van der Waals surface area contributed by atoms with Crippen LogP contribution in [0.1, 0.15) is 65.2 Å². The van der Waals surface area contributed by atoms with Gasteiger partial charge in [-0.2, -0.15) is 6.92 Å². The average Bonchev–Trinajstić information content (AvgIpc) is 2.36. The maximum Gasteiger partial charge on any atom is 3.00 e. The van der Waals surface area contributed by atoms with Gasteiger partial charge in [-0.05, 0) is 39.7 Å². The van der Waals surface area contributed by atoms with E-state index in [-0.39, 0.29) is 39.7 Å². The largest absolute Gasteiger partial charge is 3.00 e. The van der Waals surface area contributed by atoms with Crippen LogP contribution in [0.4, 0.5) is 0 Å². The van der Waals surface area contributed by atoms with Gasteiger partial charge in [0.15, 0.2) is 0 Å². The molecule has 0 saturated carbocycles. The molecule has 24 heavy (non-hydrogen) atoms. The Morgan fingerprint density at radius 2 is 1.38 bits per heavy atom. The van der Waals surface area contributed by atoms with E-state index in [1.54, 1.807) is 19.1 Å². The molecular formula is C17H28NiO5P. The topological polar surface area (TPSA) is 92.7 Å². The molecule has 1 N–H and O–H groups in total. The van der Waals surface area contributed by atoms with Crippen molar-refractivity contribution in [2.24, 2.45) is 0 Å². The smallest absolute Gasteiger partial charge is 0.790 e. The van der Waals surface area contributed by atoms with E-state index in [4.69, 9.17) is 0 Å². The summed E-state index contributed by atoms with van der Waals surface area (Å²) < 4.78 is 15.0. The zero-order valence-electron chi connectivity index (χ0n) is 15.4. The van der Waals surface area contributed by atoms with Gasteiger partial charge in [0.25, 0.3) is 0 Å². The van der Waals surface area contributed by atoms with Crippen LogP contribution in [0.25, 0.3) is 0 Å². The Hall–Kier alpha value is -0.376. The number of aromatic hydroxyl groups is 1. The summed E-state index contributed by atoms with van der Waals surface area (Å²) in [5.41, 5.74) is 1.30. The predicted molar refractivity (Wildman–Crippen MR) is 88.9 cm³/mol. The minimum atomic E-state index is -5.02. The van der Waals surface area contributed by atoms with Crippen molar-refractivity contribution in [1.29, 1.82) is 0 Å². The third-order valence-corrected chi connectivity index (χ3v) is 3.62. The van der Waals surface area contributed by atoms with Crippen molar-refractivity contribution in [3.05, 3.63) is 35.7 Å². The Balaban J connectivity index is 0. The molecule has 1 radical (unpaired) electrons. The van der Waals surface area contributed by atoms with Gasteiger partial charge < -0.3 is 30.9 Å². The molecule has 5 nitrogen and oxygen atoms in total. The molecule has 1 aromatic carbocycles. The van der Waals surface area contributed by atoms with E-state index in [1.165, 1.54) is 0 Å². The Morgan fingerprint density at radius 3 is 1.62 bits per heavy atom. The Bertz CT molecular complexity index is 532. The molecule has 1 aromatic rings. The second-order valence-electron chi connectivity index (χ2n) is 7.26. The van der Waals surface area contributed by atoms with Crippen LogP contribution in [-0.2, 0) is 43.0 Å². The molecule has 0 aromatic heterocycles. The summed E-state index contributed by atoms with van der Waals surface area (Å²) in [6, 6.07) is 3.36. The van der Waals surface area contributed by atoms with Gasteiger partial charge >= 0.3 is 16.5 Å². The van der Waals surface area contributed by atoms with E-state index in [0.29, 0.717) is 16.7 Å². The first-order valence-electron chi connectivity index (χ1n) is 7.46. The summed E-state index contributed by atoms with van der Waals surface area (Å²) in [5, 5.41) is 10.5. The second kappa shape index (κ2) is 9.36. The maximum absolute atomic E-state index is 10.6. The van der Waals surface area contributed by atoms with Crippen molar-refractivity contribution in [1.82, 2.24) is 0 Å². The third kappa shape index (κ3) is 8.14. The normalized spacial score (nSPS) is 12.1. The van der Waals surface area contributed by atoms with Gasteiger partial charge in [0.05, 0.1) is 14.4 Å². The van der Waals surface area contributed by atoms with E-state index in [2.05, 4.69) is 11.4 Å². The van der Waals surface area contributed by atoms with Crippen molar-refractivity contribution in [3.63, 3.8) is 0 Å². The summed E-state index contributed by atoms with van der Waals surface area (Å²) in [5.74, 6) is 0.200. The van der Waals surface area contributed by atoms with Crippen LogP contribution >= 0.6 is 7.82 Å². The van der Waals surface area contributed by atoms with Gasteiger partial charge in [-0.3, -0.25) is 0 Å². The molecule has 0 aliphatic heterocycles. The van der Waals surface area contributed by atoms with Crippen LogP contribution in [0.2, 0.25) is 0 Å². The Labute approximate surface area is 156 Å². The molecule has 0 unspecified atom stereocenters. The van der Waals surface area contributed by atoms with Crippen LogP contribution in [-0.4, -0.2) is 5.11 Å². The Morgan fingerprint density at radius 1 is 1.04 bits per heavy atom. The summed E-state index contributed by atoms with van der Waals surface area (Å²) in [6.45, 7) is 16.4. The number of rotatable bonds is 3. The number of hydrogen-bond acceptors (Lipinski definition) is 5. The molecule has 7 heteroatoms. The summed E-state index contributed by atoms with van der Waals surface area (Å²) >= 11 is 0. The first-order valence-corrected chi connectivity index (χ1v) is 8.92. The predicted octanol–water partition coefficient (Wildman–Crippen LogP) is 3.17. The zero-order valence-corrected chi connectivity index (χ0v) is 17.3. The number of phosphoric acid groups is 1. The van der Waals surface area contributed by atoms with E-state index in [9.17, 15) is 19.5 Å². The van der Waals surface area contributed by atoms with Crippen molar-refractivity contribution >= 4 is 7.82 Å². The van der Waals surface area contributed by atoms with E-state index >= 15 is 0 Å². The molecule has 1 rings (SSSR count). The number of phenolic OH excluding ortho intramolecular Hbond substituents is 1. The summed E-state index contributed by atoms with van der Waals surface area (Å²) in [7, 11) is -5.02. The van der Waals surface area contributed by atoms with E-state index < -0.39 is 7.82 Å². The number of phosphoric ester groups is 1. The summed E-state index contributed by atoms with van der Waals surface area (Å²) in [6.07, 6.45) is 0. The van der Waals surface area contributed by atoms with Crippen LogP contribution in [0.5, 0.6) is 5.75 Å². The van der Waals surface area contributed by atoms with Gasteiger partial charge in [-0.15, -0.1) is 0 Å². The standard InChI is InChI=1S/C15H25O5P.C2H5.Ni/c1-14(2,3)11-7-10(9-20-21(17,18)19)8-12(13(11)16)15(4,5)6;1-2;/h7-8,16H,9H2,1-6H3,(H2,17,18,19);1H2,2H3;/q;-1;+3/p-2. The van der Waals surface area contributed by atoms with Crippen LogP contribution in [0.15, 0.2) is 12.1 Å². The van der Waals surface area contributed by atoms with Crippen LogP contribution in [0, 0.1) is 6.92 Å². The number of hydrogen-bond donors (Lipinski definition) is 1. The fourth-order valence-electron chi connectivity index (χ4n) is 2.07. The van der Waals surface area contributed by atoms with Gasteiger partial charge in [0.1, 0.15) is 5.75 Å². The molecule has 0 aliphatic carbocycles. The zero-order chi connectivity index (χ0) is 18.6. The van der Waals surface area contributed by atoms with Crippen molar-refractivity contribution in [2.45, 2.75) is 65.9 Å². The fraction of sp³-hybridized carbons (Fsp3) is 0.588. The van der Waals surface area contributed by atoms with Crippen LogP contribution < -0.4 is 9.79 Å². The van der Waals surface area contributed by atoms with Crippen molar-refractivity contribution in [2.75, 3.05) is 0 Å².